The first kappa shape index (κ1) is 29.0. The molecular formula is C27H25ClFN5O5S3. The van der Waals surface area contributed by atoms with Crippen molar-refractivity contribution in [1.82, 2.24) is 19.0 Å². The van der Waals surface area contributed by atoms with Gasteiger partial charge in [-0.1, -0.05) is 11.6 Å². The molecule has 1 saturated heterocycles. The number of thiazole rings is 1. The summed E-state index contributed by atoms with van der Waals surface area (Å²) in [5, 5.41) is 4.71. The quantitative estimate of drug-likeness (QED) is 0.231. The van der Waals surface area contributed by atoms with Gasteiger partial charge in [0.05, 0.1) is 22.6 Å². The Hall–Kier alpha value is -3.14. The predicted molar refractivity (Wildman–Crippen MR) is 162 cm³/mol. The van der Waals surface area contributed by atoms with Gasteiger partial charge >= 0.3 is 0 Å². The number of furan rings is 1. The van der Waals surface area contributed by atoms with Crippen LogP contribution in [0.2, 0.25) is 5.15 Å². The molecule has 2 atom stereocenters. The third kappa shape index (κ3) is 5.05. The van der Waals surface area contributed by atoms with Crippen molar-refractivity contribution in [2.45, 2.75) is 23.8 Å². The summed E-state index contributed by atoms with van der Waals surface area (Å²) in [4.78, 5) is 17.8. The summed E-state index contributed by atoms with van der Waals surface area (Å²) in [6.07, 6.45) is 4.32. The number of nitrogens with one attached hydrogen (secondary N) is 2. The van der Waals surface area contributed by atoms with Gasteiger partial charge in [-0.05, 0) is 54.7 Å². The van der Waals surface area contributed by atoms with Crippen LogP contribution in [0.25, 0.3) is 27.3 Å². The maximum atomic E-state index is 13.8. The highest BCUT2D eigenvalue weighted by Crippen LogP contribution is 2.41. The number of amides is 1. The number of fused-ring (bicyclic) bond motifs is 2. The largest absolute Gasteiger partial charge is 0.593 e. The van der Waals surface area contributed by atoms with Crippen molar-refractivity contribution in [2.24, 2.45) is 0 Å². The molecule has 0 saturated carbocycles. The second-order valence-electron chi connectivity index (χ2n) is 9.85. The Morgan fingerprint density at radius 1 is 1.29 bits per heavy atom. The molecule has 5 aromatic rings. The number of aromatic nitrogens is 2. The van der Waals surface area contributed by atoms with E-state index in [9.17, 15) is 22.2 Å². The van der Waals surface area contributed by atoms with Gasteiger partial charge in [-0.2, -0.15) is 4.31 Å². The molecule has 15 heteroatoms. The Labute approximate surface area is 252 Å². The highest BCUT2D eigenvalue weighted by molar-refractivity contribution is 7.92. The van der Waals surface area contributed by atoms with Gasteiger partial charge in [0.15, 0.2) is 15.1 Å². The molecule has 2 aromatic carbocycles. The topological polar surface area (TPSA) is 132 Å². The van der Waals surface area contributed by atoms with Crippen LogP contribution < -0.4 is 10.0 Å². The molecule has 3 aromatic heterocycles. The number of halogens is 2. The van der Waals surface area contributed by atoms with Gasteiger partial charge < -0.3 is 14.3 Å². The van der Waals surface area contributed by atoms with Gasteiger partial charge in [0.2, 0.25) is 0 Å². The van der Waals surface area contributed by atoms with Crippen LogP contribution in [-0.2, 0) is 21.4 Å². The van der Waals surface area contributed by atoms with E-state index in [0.29, 0.717) is 52.1 Å². The molecule has 0 spiro atoms. The average molecular weight is 650 g/mol. The van der Waals surface area contributed by atoms with Crippen molar-refractivity contribution in [3.63, 3.8) is 0 Å². The van der Waals surface area contributed by atoms with E-state index in [-0.39, 0.29) is 34.0 Å². The van der Waals surface area contributed by atoms with Crippen LogP contribution in [0.1, 0.15) is 34.7 Å². The number of benzene rings is 2. The van der Waals surface area contributed by atoms with Crippen molar-refractivity contribution in [2.75, 3.05) is 31.1 Å². The molecule has 1 aliphatic heterocycles. The molecule has 1 unspecified atom stereocenters. The van der Waals surface area contributed by atoms with Crippen LogP contribution in [0.3, 0.4) is 0 Å². The summed E-state index contributed by atoms with van der Waals surface area (Å²) in [5.41, 5.74) is 2.31. The first-order valence-electron chi connectivity index (χ1n) is 12.9. The zero-order valence-electron chi connectivity index (χ0n) is 22.4. The summed E-state index contributed by atoms with van der Waals surface area (Å²) in [6, 6.07) is 9.06. The van der Waals surface area contributed by atoms with Crippen LogP contribution in [0.4, 0.5) is 10.1 Å². The lowest BCUT2D eigenvalue weighted by Gasteiger charge is -2.32. The van der Waals surface area contributed by atoms with Crippen molar-refractivity contribution in [3.05, 3.63) is 70.1 Å². The first-order chi connectivity index (χ1) is 20.1. The van der Waals surface area contributed by atoms with Crippen LogP contribution in [0.5, 0.6) is 0 Å². The zero-order valence-corrected chi connectivity index (χ0v) is 25.6. The average Bonchev–Trinajstić information content (AvgIpc) is 3.64. The number of hydrogen-bond acceptors (Lipinski definition) is 8. The van der Waals surface area contributed by atoms with Crippen molar-refractivity contribution in [3.8, 4) is 11.3 Å². The molecule has 1 fully saturated rings. The van der Waals surface area contributed by atoms with Crippen LogP contribution >= 0.6 is 22.9 Å². The maximum Gasteiger partial charge on any atom is 0.262 e. The van der Waals surface area contributed by atoms with E-state index in [1.807, 2.05) is 0 Å². The summed E-state index contributed by atoms with van der Waals surface area (Å²) in [6.45, 7) is 0.422. The standard InChI is InChI=1S/C27H25ClFN5O5S3/c1-30-25(35)22-19-12-18(20(32-41(2)36)13-21(19)39-23(22)15-5-7-17(29)8-6-15)16-4-3-9-33(14-16)42(37,38)26-24(28)31-27-34(26)10-11-40-27/h5-8,10-13,16,32H,3-4,9,14H2,1-2H3,(H,30,35)/t16-,41?/m0/s1. The fourth-order valence-electron chi connectivity index (χ4n) is 5.40. The van der Waals surface area contributed by atoms with E-state index in [2.05, 4.69) is 15.0 Å². The zero-order chi connectivity index (χ0) is 29.8. The van der Waals surface area contributed by atoms with E-state index < -0.39 is 33.1 Å². The molecule has 0 aliphatic carbocycles. The number of carbonyl (C=O) groups excluding carboxylic acids is 1. The van der Waals surface area contributed by atoms with Gasteiger partial charge in [-0.25, -0.2) is 22.5 Å². The van der Waals surface area contributed by atoms with Gasteiger partial charge in [0.25, 0.3) is 15.9 Å². The highest BCUT2D eigenvalue weighted by Gasteiger charge is 2.36. The monoisotopic (exact) mass is 649 g/mol. The minimum absolute atomic E-state index is 0.0785. The SMILES string of the molecule is CNC(=O)c1c(-c2ccc(F)cc2)oc2cc(N[S+](C)[O-])c([C@H]3CCCN(S(=O)(=O)c4c(Cl)nc5sccn45)C3)cc12. The second-order valence-corrected chi connectivity index (χ2v) is 14.0. The Kier molecular flexibility index (Phi) is 7.70. The molecule has 1 amide bonds. The van der Waals surface area contributed by atoms with E-state index in [4.69, 9.17) is 16.0 Å². The van der Waals surface area contributed by atoms with Crippen LogP contribution in [0.15, 0.2) is 57.4 Å². The molecular weight excluding hydrogens is 625 g/mol. The van der Waals surface area contributed by atoms with Crippen molar-refractivity contribution >= 4 is 71.8 Å². The minimum atomic E-state index is -4.01. The smallest absolute Gasteiger partial charge is 0.262 e. The molecule has 0 radical (unpaired) electrons. The number of piperidine rings is 1. The third-order valence-corrected chi connectivity index (χ3v) is 10.8. The highest BCUT2D eigenvalue weighted by atomic mass is 35.5. The Balaban J connectivity index is 1.46. The molecule has 220 valence electrons. The molecule has 1 aliphatic rings. The number of rotatable bonds is 7. The van der Waals surface area contributed by atoms with E-state index in [1.165, 1.54) is 57.6 Å². The molecule has 42 heavy (non-hydrogen) atoms. The third-order valence-electron chi connectivity index (χ3n) is 7.26. The Bertz CT molecular complexity index is 1920. The lowest BCUT2D eigenvalue weighted by atomic mass is 9.89. The van der Waals surface area contributed by atoms with Crippen molar-refractivity contribution < 1.29 is 26.6 Å². The molecule has 2 N–H and O–H groups in total. The van der Waals surface area contributed by atoms with Crippen LogP contribution in [0, 0.1) is 5.82 Å². The van der Waals surface area contributed by atoms with E-state index >= 15 is 0 Å². The first-order valence-corrected chi connectivity index (χ1v) is 17.1. The number of hydrogen-bond donors (Lipinski definition) is 2. The number of imidazole rings is 1. The van der Waals surface area contributed by atoms with Crippen molar-refractivity contribution in [1.29, 1.82) is 0 Å². The molecule has 6 rings (SSSR count). The molecule has 4 heterocycles. The maximum absolute atomic E-state index is 13.8. The summed E-state index contributed by atoms with van der Waals surface area (Å²) < 4.78 is 65.6. The van der Waals surface area contributed by atoms with Gasteiger partial charge in [0, 0.05) is 48.7 Å². The fraction of sp³-hybridized carbons (Fsp3) is 0.259. The van der Waals surface area contributed by atoms with E-state index in [0.717, 1.165) is 0 Å². The van der Waals surface area contributed by atoms with Gasteiger partial charge in [-0.3, -0.25) is 9.20 Å². The van der Waals surface area contributed by atoms with E-state index in [1.54, 1.807) is 23.7 Å². The molecule has 10 nitrogen and oxygen atoms in total. The Morgan fingerprint density at radius 2 is 2.05 bits per heavy atom. The lowest BCUT2D eigenvalue weighted by Crippen LogP contribution is -2.39. The lowest BCUT2D eigenvalue weighted by molar-refractivity contribution is 0.0964. The minimum Gasteiger partial charge on any atom is -0.593 e. The second kappa shape index (κ2) is 11.2. The summed E-state index contributed by atoms with van der Waals surface area (Å²) in [7, 11) is -2.51. The number of anilines is 1. The van der Waals surface area contributed by atoms with Gasteiger partial charge in [-0.15, -0.1) is 11.3 Å². The number of nitrogens with zero attached hydrogens (tertiary/aromatic N) is 3. The molecule has 0 bridgehead atoms. The van der Waals surface area contributed by atoms with Gasteiger partial charge in [0.1, 0.15) is 23.4 Å². The number of carbonyl (C=O) groups is 1. The normalized spacial score (nSPS) is 17.1. The fourth-order valence-corrected chi connectivity index (χ4v) is 8.82. The Morgan fingerprint density at radius 3 is 2.76 bits per heavy atom. The summed E-state index contributed by atoms with van der Waals surface area (Å²) >= 11 is 6.12. The van der Waals surface area contributed by atoms with Crippen LogP contribution in [-0.4, -0.2) is 59.0 Å². The number of sulfonamides is 1. The predicted octanol–water partition coefficient (Wildman–Crippen LogP) is 5.23. The summed E-state index contributed by atoms with van der Waals surface area (Å²) in [5.74, 6) is -0.880.